The van der Waals surface area contributed by atoms with E-state index in [2.05, 4.69) is 62.8 Å². The number of rotatable bonds is 6. The normalized spacial score (nSPS) is 19.1. The predicted molar refractivity (Wildman–Crippen MR) is 142 cm³/mol. The SMILES string of the molecule is CN=C(NCc1ccc(-n2ccnc2)c(F)c1)NC1CCN(Cc2ccccc2)C(C)C1.I. The number of hydrogen-bond donors (Lipinski definition) is 2. The zero-order valence-corrected chi connectivity index (χ0v) is 21.4. The van der Waals surface area contributed by atoms with E-state index in [9.17, 15) is 4.39 Å². The number of nitrogens with one attached hydrogen (secondary N) is 2. The molecular weight excluding hydrogens is 530 g/mol. The van der Waals surface area contributed by atoms with Crippen molar-refractivity contribution in [3.63, 3.8) is 0 Å². The number of nitrogens with zero attached hydrogens (tertiary/aromatic N) is 4. The lowest BCUT2D eigenvalue weighted by Gasteiger charge is -2.38. The van der Waals surface area contributed by atoms with Crippen LogP contribution in [0.4, 0.5) is 4.39 Å². The Kier molecular flexibility index (Phi) is 9.25. The zero-order chi connectivity index (χ0) is 22.3. The summed E-state index contributed by atoms with van der Waals surface area (Å²) >= 11 is 0. The number of piperidine rings is 1. The Bertz CT molecular complexity index is 1020. The Morgan fingerprint density at radius 1 is 1.18 bits per heavy atom. The molecule has 0 aliphatic carbocycles. The highest BCUT2D eigenvalue weighted by Gasteiger charge is 2.26. The molecule has 0 spiro atoms. The molecule has 33 heavy (non-hydrogen) atoms. The monoisotopic (exact) mass is 562 g/mol. The molecule has 6 nitrogen and oxygen atoms in total. The summed E-state index contributed by atoms with van der Waals surface area (Å²) in [6.07, 6.45) is 7.08. The van der Waals surface area contributed by atoms with E-state index in [1.165, 1.54) is 5.56 Å². The Morgan fingerprint density at radius 2 is 2.00 bits per heavy atom. The lowest BCUT2D eigenvalue weighted by molar-refractivity contribution is 0.134. The van der Waals surface area contributed by atoms with Crippen molar-refractivity contribution in [3.8, 4) is 5.69 Å². The fourth-order valence-corrected chi connectivity index (χ4v) is 4.25. The van der Waals surface area contributed by atoms with Crippen LogP contribution in [0.25, 0.3) is 5.69 Å². The molecule has 1 aliphatic rings. The molecule has 0 saturated carbocycles. The van der Waals surface area contributed by atoms with E-state index in [4.69, 9.17) is 0 Å². The number of benzene rings is 2. The maximum absolute atomic E-state index is 14.5. The summed E-state index contributed by atoms with van der Waals surface area (Å²) in [5, 5.41) is 6.86. The molecule has 0 radical (unpaired) electrons. The second-order valence-corrected chi connectivity index (χ2v) is 8.35. The van der Waals surface area contributed by atoms with Gasteiger partial charge in [0, 0.05) is 51.2 Å². The molecule has 2 aromatic carbocycles. The lowest BCUT2D eigenvalue weighted by Crippen LogP contribution is -2.51. The van der Waals surface area contributed by atoms with Crippen LogP contribution in [-0.2, 0) is 13.1 Å². The molecule has 0 bridgehead atoms. The first kappa shape index (κ1) is 25.2. The molecular formula is C25H32FIN6. The minimum Gasteiger partial charge on any atom is -0.354 e. The molecule has 1 saturated heterocycles. The van der Waals surface area contributed by atoms with Gasteiger partial charge in [-0.25, -0.2) is 9.37 Å². The van der Waals surface area contributed by atoms with Gasteiger partial charge in [0.25, 0.3) is 0 Å². The number of guanidine groups is 1. The summed E-state index contributed by atoms with van der Waals surface area (Å²) in [7, 11) is 1.77. The lowest BCUT2D eigenvalue weighted by atomic mass is 9.97. The topological polar surface area (TPSA) is 57.5 Å². The molecule has 2 unspecified atom stereocenters. The van der Waals surface area contributed by atoms with Crippen molar-refractivity contribution in [2.75, 3.05) is 13.6 Å². The standard InChI is InChI=1S/C25H31FN6.HI/c1-19-14-22(10-12-31(19)17-20-6-4-3-5-7-20)30-25(27-2)29-16-21-8-9-24(23(26)15-21)32-13-11-28-18-32;/h3-9,11,13,15,18-19,22H,10,12,14,16-17H2,1-2H3,(H2,27,29,30);1H. The fraction of sp³-hybridized carbons (Fsp3) is 0.360. The van der Waals surface area contributed by atoms with Gasteiger partial charge in [0.15, 0.2) is 5.96 Å². The maximum atomic E-state index is 14.5. The first-order chi connectivity index (χ1) is 15.6. The van der Waals surface area contributed by atoms with Gasteiger partial charge in [-0.2, -0.15) is 0 Å². The van der Waals surface area contributed by atoms with Crippen LogP contribution in [0.3, 0.4) is 0 Å². The van der Waals surface area contributed by atoms with E-state index in [1.807, 2.05) is 6.07 Å². The Morgan fingerprint density at radius 3 is 2.67 bits per heavy atom. The van der Waals surface area contributed by atoms with Crippen LogP contribution in [0, 0.1) is 5.82 Å². The molecule has 176 valence electrons. The fourth-order valence-electron chi connectivity index (χ4n) is 4.25. The molecule has 0 amide bonds. The Hall–Kier alpha value is -2.46. The van der Waals surface area contributed by atoms with E-state index in [0.29, 0.717) is 24.3 Å². The number of hydrogen-bond acceptors (Lipinski definition) is 3. The number of imidazole rings is 1. The third-order valence-electron chi connectivity index (χ3n) is 6.06. The third kappa shape index (κ3) is 6.77. The summed E-state index contributed by atoms with van der Waals surface area (Å²) in [5.74, 6) is 0.475. The molecule has 8 heteroatoms. The van der Waals surface area contributed by atoms with Gasteiger partial charge in [-0.05, 0) is 43.0 Å². The van der Waals surface area contributed by atoms with Crippen LogP contribution < -0.4 is 10.6 Å². The Balaban J connectivity index is 0.00000306. The van der Waals surface area contributed by atoms with Crippen LogP contribution in [0.5, 0.6) is 0 Å². The van der Waals surface area contributed by atoms with E-state index in [0.717, 1.165) is 37.5 Å². The van der Waals surface area contributed by atoms with E-state index >= 15 is 0 Å². The van der Waals surface area contributed by atoms with Gasteiger partial charge in [0.05, 0.1) is 12.0 Å². The predicted octanol–water partition coefficient (Wildman–Crippen LogP) is 4.35. The largest absolute Gasteiger partial charge is 0.354 e. The first-order valence-electron chi connectivity index (χ1n) is 11.1. The average Bonchev–Trinajstić information content (AvgIpc) is 3.34. The first-order valence-corrected chi connectivity index (χ1v) is 11.1. The molecule has 1 fully saturated rings. The number of aromatic nitrogens is 2. The minimum absolute atomic E-state index is 0. The van der Waals surface area contributed by atoms with E-state index in [1.54, 1.807) is 42.5 Å². The second-order valence-electron chi connectivity index (χ2n) is 8.35. The van der Waals surface area contributed by atoms with Gasteiger partial charge in [-0.15, -0.1) is 24.0 Å². The van der Waals surface area contributed by atoms with Gasteiger partial charge in [-0.1, -0.05) is 36.4 Å². The molecule has 2 N–H and O–H groups in total. The third-order valence-corrected chi connectivity index (χ3v) is 6.06. The van der Waals surface area contributed by atoms with Gasteiger partial charge in [-0.3, -0.25) is 9.89 Å². The highest BCUT2D eigenvalue weighted by Crippen LogP contribution is 2.20. The number of halogens is 2. The van der Waals surface area contributed by atoms with Crippen LogP contribution in [0.15, 0.2) is 72.2 Å². The molecule has 4 rings (SSSR count). The second kappa shape index (κ2) is 12.1. The van der Waals surface area contributed by atoms with Gasteiger partial charge in [0.1, 0.15) is 5.82 Å². The van der Waals surface area contributed by atoms with Crippen LogP contribution in [-0.4, -0.2) is 46.1 Å². The van der Waals surface area contributed by atoms with Gasteiger partial charge in [0.2, 0.25) is 0 Å². The van der Waals surface area contributed by atoms with Crippen LogP contribution in [0.1, 0.15) is 30.9 Å². The van der Waals surface area contributed by atoms with Crippen molar-refractivity contribution in [2.24, 2.45) is 4.99 Å². The van der Waals surface area contributed by atoms with Crippen molar-refractivity contribution in [1.82, 2.24) is 25.1 Å². The summed E-state index contributed by atoms with van der Waals surface area (Å²) in [4.78, 5) is 10.9. The molecule has 3 aromatic rings. The summed E-state index contributed by atoms with van der Waals surface area (Å²) in [5.41, 5.74) is 2.71. The smallest absolute Gasteiger partial charge is 0.191 e. The number of aliphatic imine (C=N–C) groups is 1. The van der Waals surface area contributed by atoms with Crippen molar-refractivity contribution in [3.05, 3.63) is 84.2 Å². The molecule has 2 heterocycles. The molecule has 2 atom stereocenters. The highest BCUT2D eigenvalue weighted by atomic mass is 127. The summed E-state index contributed by atoms with van der Waals surface area (Å²) in [6, 6.07) is 16.7. The van der Waals surface area contributed by atoms with Gasteiger partial charge >= 0.3 is 0 Å². The van der Waals surface area contributed by atoms with E-state index < -0.39 is 0 Å². The zero-order valence-electron chi connectivity index (χ0n) is 19.1. The number of likely N-dealkylation sites (tertiary alicyclic amines) is 1. The minimum atomic E-state index is -0.273. The highest BCUT2D eigenvalue weighted by molar-refractivity contribution is 14.0. The molecule has 1 aliphatic heterocycles. The van der Waals surface area contributed by atoms with Crippen molar-refractivity contribution in [2.45, 2.75) is 44.9 Å². The van der Waals surface area contributed by atoms with Crippen molar-refractivity contribution >= 4 is 29.9 Å². The summed E-state index contributed by atoms with van der Waals surface area (Å²) < 4.78 is 16.2. The van der Waals surface area contributed by atoms with Crippen LogP contribution >= 0.6 is 24.0 Å². The van der Waals surface area contributed by atoms with Gasteiger partial charge < -0.3 is 15.2 Å². The quantitative estimate of drug-likeness (QED) is 0.267. The van der Waals surface area contributed by atoms with Crippen LogP contribution in [0.2, 0.25) is 0 Å². The summed E-state index contributed by atoms with van der Waals surface area (Å²) in [6.45, 7) is 4.83. The molecule has 1 aromatic heterocycles. The van der Waals surface area contributed by atoms with Crippen molar-refractivity contribution in [1.29, 1.82) is 0 Å². The van der Waals surface area contributed by atoms with Crippen molar-refractivity contribution < 1.29 is 4.39 Å². The Labute approximate surface area is 212 Å². The maximum Gasteiger partial charge on any atom is 0.191 e. The van der Waals surface area contributed by atoms with E-state index in [-0.39, 0.29) is 29.8 Å². The average molecular weight is 562 g/mol.